The predicted octanol–water partition coefficient (Wildman–Crippen LogP) is 4.74. The van der Waals surface area contributed by atoms with Crippen LogP contribution in [0.25, 0.3) is 0 Å². The van der Waals surface area contributed by atoms with E-state index >= 15 is 0 Å². The minimum absolute atomic E-state index is 0.0259. The maximum absolute atomic E-state index is 12.8. The van der Waals surface area contributed by atoms with Crippen molar-refractivity contribution >= 4 is 17.2 Å². The van der Waals surface area contributed by atoms with Crippen molar-refractivity contribution in [2.24, 2.45) is 0 Å². The van der Waals surface area contributed by atoms with Gasteiger partial charge in [-0.2, -0.15) is 13.2 Å². The second-order valence-electron chi connectivity index (χ2n) is 5.25. The van der Waals surface area contributed by atoms with Crippen molar-refractivity contribution in [1.29, 1.82) is 0 Å². The number of benzene rings is 1. The smallest absolute Gasteiger partial charge is 0.331 e. The lowest BCUT2D eigenvalue weighted by atomic mass is 10.1. The summed E-state index contributed by atoms with van der Waals surface area (Å²) in [6.45, 7) is 0.581. The molecule has 0 bridgehead atoms. The predicted molar refractivity (Wildman–Crippen MR) is 78.8 cm³/mol. The highest BCUT2D eigenvalue weighted by atomic mass is 32.1. The van der Waals surface area contributed by atoms with E-state index in [4.69, 9.17) is 0 Å². The fourth-order valence-electron chi connectivity index (χ4n) is 2.78. The monoisotopic (exact) mass is 325 g/mol. The average Bonchev–Trinajstić information content (AvgIpc) is 3.16. The summed E-state index contributed by atoms with van der Waals surface area (Å²) in [5.74, 6) is -0.331. The van der Waals surface area contributed by atoms with Crippen LogP contribution in [-0.2, 0) is 6.18 Å². The molecule has 1 aromatic heterocycles. The Morgan fingerprint density at radius 2 is 2.05 bits per heavy atom. The third-order valence-electron chi connectivity index (χ3n) is 3.82. The second-order valence-corrected chi connectivity index (χ2v) is 6.23. The molecule has 1 aromatic carbocycles. The van der Waals surface area contributed by atoms with Crippen molar-refractivity contribution in [2.75, 3.05) is 6.54 Å². The Balaban J connectivity index is 1.87. The highest BCUT2D eigenvalue weighted by Crippen LogP contribution is 2.36. The SMILES string of the molecule is O=C(c1cccc(C(F)(F)F)c1)N1CCCC1c1cccs1. The number of hydrogen-bond donors (Lipinski definition) is 0. The molecule has 0 radical (unpaired) electrons. The van der Waals surface area contributed by atoms with Crippen molar-refractivity contribution in [3.8, 4) is 0 Å². The van der Waals surface area contributed by atoms with Crippen molar-refractivity contribution in [3.05, 3.63) is 57.8 Å². The molecule has 1 saturated heterocycles. The molecule has 22 heavy (non-hydrogen) atoms. The first-order chi connectivity index (χ1) is 10.5. The largest absolute Gasteiger partial charge is 0.416 e. The normalized spacial score (nSPS) is 18.7. The first-order valence-electron chi connectivity index (χ1n) is 6.98. The van der Waals surface area contributed by atoms with Gasteiger partial charge in [0, 0.05) is 17.0 Å². The van der Waals surface area contributed by atoms with E-state index in [9.17, 15) is 18.0 Å². The topological polar surface area (TPSA) is 20.3 Å². The lowest BCUT2D eigenvalue weighted by Gasteiger charge is -2.24. The third kappa shape index (κ3) is 2.88. The maximum atomic E-state index is 12.8. The van der Waals surface area contributed by atoms with Gasteiger partial charge < -0.3 is 4.90 Å². The van der Waals surface area contributed by atoms with Crippen molar-refractivity contribution < 1.29 is 18.0 Å². The molecular weight excluding hydrogens is 311 g/mol. The van der Waals surface area contributed by atoms with Gasteiger partial charge in [-0.15, -0.1) is 11.3 Å². The van der Waals surface area contributed by atoms with Crippen LogP contribution in [0, 0.1) is 0 Å². The quantitative estimate of drug-likeness (QED) is 0.781. The van der Waals surface area contributed by atoms with Crippen LogP contribution < -0.4 is 0 Å². The number of carbonyl (C=O) groups is 1. The van der Waals surface area contributed by atoms with Crippen LogP contribution in [0.2, 0.25) is 0 Å². The Bertz CT molecular complexity index is 666. The lowest BCUT2D eigenvalue weighted by Crippen LogP contribution is -2.30. The van der Waals surface area contributed by atoms with Gasteiger partial charge >= 0.3 is 6.18 Å². The number of nitrogens with zero attached hydrogens (tertiary/aromatic N) is 1. The van der Waals surface area contributed by atoms with E-state index in [2.05, 4.69) is 0 Å². The molecular formula is C16H14F3NOS. The number of rotatable bonds is 2. The number of likely N-dealkylation sites (tertiary alicyclic amines) is 1. The van der Waals surface area contributed by atoms with E-state index in [0.717, 1.165) is 29.9 Å². The molecule has 0 aliphatic carbocycles. The summed E-state index contributed by atoms with van der Waals surface area (Å²) < 4.78 is 38.4. The van der Waals surface area contributed by atoms with E-state index in [1.807, 2.05) is 17.5 Å². The number of halogens is 3. The Hall–Kier alpha value is -1.82. The molecule has 116 valence electrons. The zero-order valence-electron chi connectivity index (χ0n) is 11.6. The molecule has 0 saturated carbocycles. The molecule has 1 atom stereocenters. The average molecular weight is 325 g/mol. The highest BCUT2D eigenvalue weighted by Gasteiger charge is 2.34. The fourth-order valence-corrected chi connectivity index (χ4v) is 3.65. The number of carbonyl (C=O) groups excluding carboxylic acids is 1. The lowest BCUT2D eigenvalue weighted by molar-refractivity contribution is -0.137. The Morgan fingerprint density at radius 3 is 2.73 bits per heavy atom. The molecule has 3 rings (SSSR count). The van der Waals surface area contributed by atoms with Crippen molar-refractivity contribution in [2.45, 2.75) is 25.1 Å². The fraction of sp³-hybridized carbons (Fsp3) is 0.312. The Kier molecular flexibility index (Phi) is 3.95. The van der Waals surface area contributed by atoms with Crippen LogP contribution in [0.4, 0.5) is 13.2 Å². The number of thiophene rings is 1. The molecule has 2 nitrogen and oxygen atoms in total. The summed E-state index contributed by atoms with van der Waals surface area (Å²) in [7, 11) is 0. The van der Waals surface area contributed by atoms with Gasteiger partial charge in [-0.25, -0.2) is 0 Å². The van der Waals surface area contributed by atoms with Gasteiger partial charge in [0.2, 0.25) is 0 Å². The summed E-state index contributed by atoms with van der Waals surface area (Å²) in [6, 6.07) is 8.51. The zero-order chi connectivity index (χ0) is 15.7. The number of amides is 1. The van der Waals surface area contributed by atoms with Gasteiger partial charge in [0.15, 0.2) is 0 Å². The van der Waals surface area contributed by atoms with Crippen molar-refractivity contribution in [3.63, 3.8) is 0 Å². The summed E-state index contributed by atoms with van der Waals surface area (Å²) in [5, 5.41) is 1.95. The van der Waals surface area contributed by atoms with Gasteiger partial charge in [-0.3, -0.25) is 4.79 Å². The zero-order valence-corrected chi connectivity index (χ0v) is 12.5. The van der Waals surface area contributed by atoms with Gasteiger partial charge in [0.05, 0.1) is 11.6 Å². The van der Waals surface area contributed by atoms with E-state index < -0.39 is 11.7 Å². The van der Waals surface area contributed by atoms with Crippen LogP contribution in [-0.4, -0.2) is 17.4 Å². The van der Waals surface area contributed by atoms with Gasteiger partial charge in [0.25, 0.3) is 5.91 Å². The Morgan fingerprint density at radius 1 is 1.23 bits per heavy atom. The van der Waals surface area contributed by atoms with E-state index in [1.54, 1.807) is 16.2 Å². The minimum Gasteiger partial charge on any atom is -0.331 e. The van der Waals surface area contributed by atoms with Crippen LogP contribution in [0.3, 0.4) is 0 Å². The summed E-state index contributed by atoms with van der Waals surface area (Å²) in [6.07, 6.45) is -2.72. The van der Waals surface area contributed by atoms with Crippen LogP contribution >= 0.6 is 11.3 Å². The van der Waals surface area contributed by atoms with E-state index in [0.29, 0.717) is 6.54 Å². The van der Waals surface area contributed by atoms with Crippen LogP contribution in [0.1, 0.15) is 39.7 Å². The third-order valence-corrected chi connectivity index (χ3v) is 4.80. The first kappa shape index (κ1) is 15.1. The standard InChI is InChI=1S/C16H14F3NOS/c17-16(18,19)12-5-1-4-11(10-12)15(21)20-8-2-6-13(20)14-7-3-9-22-14/h1,3-5,7,9-10,13H,2,6,8H2. The molecule has 1 fully saturated rings. The molecule has 1 aliphatic heterocycles. The molecule has 6 heteroatoms. The van der Waals surface area contributed by atoms with Crippen molar-refractivity contribution in [1.82, 2.24) is 4.90 Å². The highest BCUT2D eigenvalue weighted by molar-refractivity contribution is 7.10. The molecule has 0 N–H and O–H groups in total. The molecule has 0 spiro atoms. The molecule has 1 amide bonds. The maximum Gasteiger partial charge on any atom is 0.416 e. The number of hydrogen-bond acceptors (Lipinski definition) is 2. The Labute approximate surface area is 130 Å². The van der Waals surface area contributed by atoms with Gasteiger partial charge in [0.1, 0.15) is 0 Å². The molecule has 1 aliphatic rings. The summed E-state index contributed by atoms with van der Waals surface area (Å²) in [5.41, 5.74) is -0.691. The minimum atomic E-state index is -4.44. The number of alkyl halides is 3. The van der Waals surface area contributed by atoms with E-state index in [-0.39, 0.29) is 17.5 Å². The van der Waals surface area contributed by atoms with E-state index in [1.165, 1.54) is 12.1 Å². The van der Waals surface area contributed by atoms with Gasteiger partial charge in [-0.05, 0) is 42.5 Å². The molecule has 1 unspecified atom stereocenters. The summed E-state index contributed by atoms with van der Waals surface area (Å²) in [4.78, 5) is 15.4. The van der Waals surface area contributed by atoms with Crippen LogP contribution in [0.5, 0.6) is 0 Å². The van der Waals surface area contributed by atoms with Gasteiger partial charge in [-0.1, -0.05) is 12.1 Å². The molecule has 2 heterocycles. The summed E-state index contributed by atoms with van der Waals surface area (Å²) >= 11 is 1.57. The molecule has 2 aromatic rings. The first-order valence-corrected chi connectivity index (χ1v) is 7.86. The second kappa shape index (κ2) is 5.76. The van der Waals surface area contributed by atoms with Crippen LogP contribution in [0.15, 0.2) is 41.8 Å².